The molecule has 2 aromatic rings. The summed E-state index contributed by atoms with van der Waals surface area (Å²) in [6.45, 7) is -0.162. The number of carbonyl (C=O) groups is 1. The molecule has 2 N–H and O–H groups in total. The molecular weight excluding hydrogens is 344 g/mol. The second-order valence-electron chi connectivity index (χ2n) is 5.05. The fraction of sp³-hybridized carbons (Fsp3) is 0.308. The summed E-state index contributed by atoms with van der Waals surface area (Å²) in [6, 6.07) is 5.30. The molecule has 1 aliphatic heterocycles. The Morgan fingerprint density at radius 1 is 1.39 bits per heavy atom. The summed E-state index contributed by atoms with van der Waals surface area (Å²) in [5, 5.41) is 17.1. The monoisotopic (exact) mass is 356 g/mol. The zero-order chi connectivity index (χ0) is 16.6. The van der Waals surface area contributed by atoms with Crippen LogP contribution in [-0.4, -0.2) is 34.3 Å². The average molecular weight is 357 g/mol. The topological polar surface area (TPSA) is 114 Å². The highest BCUT2D eigenvalue weighted by Gasteiger charge is 2.32. The molecule has 0 radical (unpaired) electrons. The summed E-state index contributed by atoms with van der Waals surface area (Å²) < 4.78 is 28.4. The van der Waals surface area contributed by atoms with E-state index >= 15 is 0 Å². The largest absolute Gasteiger partial charge is 0.480 e. The van der Waals surface area contributed by atoms with E-state index in [1.807, 2.05) is 0 Å². The van der Waals surface area contributed by atoms with Gasteiger partial charge in [-0.05, 0) is 18.6 Å². The number of aryl methyl sites for hydroxylation is 1. The molecule has 1 atom stereocenters. The molecular formula is C13H13ClN4O4S. The van der Waals surface area contributed by atoms with Gasteiger partial charge >= 0.3 is 5.97 Å². The van der Waals surface area contributed by atoms with Gasteiger partial charge in [0.05, 0.1) is 11.6 Å². The Hall–Kier alpha value is -1.97. The average Bonchev–Trinajstić information content (AvgIpc) is 3.07. The number of carboxylic acid groups (broad SMARTS) is 1. The van der Waals surface area contributed by atoms with Crippen molar-refractivity contribution in [3.63, 3.8) is 0 Å². The number of sulfonamides is 1. The van der Waals surface area contributed by atoms with Crippen LogP contribution in [0, 0.1) is 0 Å². The maximum Gasteiger partial charge on any atom is 0.326 e. The highest BCUT2D eigenvalue weighted by molar-refractivity contribution is 7.89. The number of hydrogen-bond acceptors (Lipinski definition) is 5. The van der Waals surface area contributed by atoms with Crippen LogP contribution in [0.25, 0.3) is 0 Å². The first-order chi connectivity index (χ1) is 10.9. The van der Waals surface area contributed by atoms with Crippen LogP contribution >= 0.6 is 11.6 Å². The lowest BCUT2D eigenvalue weighted by molar-refractivity contribution is -0.140. The molecule has 122 valence electrons. The second-order valence-corrected chi connectivity index (χ2v) is 7.19. The van der Waals surface area contributed by atoms with Crippen LogP contribution in [0.2, 0.25) is 5.02 Å². The molecule has 0 aliphatic carbocycles. The van der Waals surface area contributed by atoms with E-state index in [1.54, 1.807) is 12.1 Å². The number of carboxylic acids is 1. The molecule has 1 aromatic carbocycles. The Bertz CT molecular complexity index is 865. The van der Waals surface area contributed by atoms with Crippen LogP contribution < -0.4 is 4.72 Å². The van der Waals surface area contributed by atoms with Crippen molar-refractivity contribution >= 4 is 27.6 Å². The van der Waals surface area contributed by atoms with Crippen molar-refractivity contribution < 1.29 is 18.3 Å². The van der Waals surface area contributed by atoms with Crippen LogP contribution in [0.15, 0.2) is 29.2 Å². The highest BCUT2D eigenvalue weighted by Crippen LogP contribution is 2.26. The van der Waals surface area contributed by atoms with E-state index in [0.717, 1.165) is 0 Å². The molecule has 1 aromatic heterocycles. The number of aromatic nitrogens is 3. The number of hydrogen-bond donors (Lipinski definition) is 2. The standard InChI is InChI=1S/C13H13ClN4O4S/c14-8-3-1-2-4-10(8)23(21,22)15-7-12-17-16-11-6-5-9(13(19)20)18(11)12/h1-4,9,15H,5-7H2,(H,19,20). The minimum Gasteiger partial charge on any atom is -0.480 e. The van der Waals surface area contributed by atoms with Crippen molar-refractivity contribution in [3.05, 3.63) is 40.9 Å². The molecule has 0 saturated carbocycles. The molecule has 8 nitrogen and oxygen atoms in total. The lowest BCUT2D eigenvalue weighted by Gasteiger charge is -2.12. The van der Waals surface area contributed by atoms with E-state index in [-0.39, 0.29) is 22.3 Å². The van der Waals surface area contributed by atoms with Crippen molar-refractivity contribution in [3.8, 4) is 0 Å². The molecule has 23 heavy (non-hydrogen) atoms. The summed E-state index contributed by atoms with van der Waals surface area (Å²) in [5.41, 5.74) is 0. The highest BCUT2D eigenvalue weighted by atomic mass is 35.5. The molecule has 1 unspecified atom stereocenters. The van der Waals surface area contributed by atoms with E-state index in [0.29, 0.717) is 18.7 Å². The van der Waals surface area contributed by atoms with Gasteiger partial charge < -0.3 is 5.11 Å². The lowest BCUT2D eigenvalue weighted by atomic mass is 10.2. The Morgan fingerprint density at radius 3 is 2.83 bits per heavy atom. The number of aliphatic carboxylic acids is 1. The van der Waals surface area contributed by atoms with Gasteiger partial charge in [-0.25, -0.2) is 17.9 Å². The smallest absolute Gasteiger partial charge is 0.326 e. The Morgan fingerprint density at radius 2 is 2.13 bits per heavy atom. The number of rotatable bonds is 5. The minimum atomic E-state index is -3.83. The summed E-state index contributed by atoms with van der Waals surface area (Å²) in [4.78, 5) is 11.2. The van der Waals surface area contributed by atoms with Gasteiger partial charge in [0.2, 0.25) is 10.0 Å². The maximum atomic E-state index is 12.3. The second kappa shape index (κ2) is 5.91. The molecule has 0 spiro atoms. The molecule has 1 aliphatic rings. The molecule has 10 heteroatoms. The quantitative estimate of drug-likeness (QED) is 0.825. The predicted octanol–water partition coefficient (Wildman–Crippen LogP) is 0.982. The van der Waals surface area contributed by atoms with Crippen LogP contribution in [0.1, 0.15) is 24.1 Å². The number of nitrogens with one attached hydrogen (secondary N) is 1. The third-order valence-electron chi connectivity index (χ3n) is 3.62. The van der Waals surface area contributed by atoms with E-state index in [9.17, 15) is 18.3 Å². The summed E-state index contributed by atoms with van der Waals surface area (Å²) >= 11 is 5.90. The van der Waals surface area contributed by atoms with E-state index in [2.05, 4.69) is 14.9 Å². The van der Waals surface area contributed by atoms with Gasteiger partial charge in [-0.1, -0.05) is 23.7 Å². The molecule has 0 amide bonds. The fourth-order valence-corrected chi connectivity index (χ4v) is 4.04. The summed E-state index contributed by atoms with van der Waals surface area (Å²) in [7, 11) is -3.83. The van der Waals surface area contributed by atoms with Gasteiger partial charge in [0.15, 0.2) is 0 Å². The van der Waals surface area contributed by atoms with Crippen molar-refractivity contribution in [1.29, 1.82) is 0 Å². The van der Waals surface area contributed by atoms with Gasteiger partial charge in [0, 0.05) is 6.42 Å². The van der Waals surface area contributed by atoms with Gasteiger partial charge in [0.25, 0.3) is 0 Å². The SMILES string of the molecule is O=C(O)C1CCc2nnc(CNS(=O)(=O)c3ccccc3Cl)n21. The predicted molar refractivity (Wildman–Crippen MR) is 80.5 cm³/mol. The Kier molecular flexibility index (Phi) is 4.09. The van der Waals surface area contributed by atoms with Gasteiger partial charge in [0.1, 0.15) is 22.6 Å². The minimum absolute atomic E-state index is 0.0439. The summed E-state index contributed by atoms with van der Waals surface area (Å²) in [6.07, 6.45) is 0.922. The van der Waals surface area contributed by atoms with Gasteiger partial charge in [-0.15, -0.1) is 10.2 Å². The summed E-state index contributed by atoms with van der Waals surface area (Å²) in [5.74, 6) is -0.177. The fourth-order valence-electron chi connectivity index (χ4n) is 2.54. The Balaban J connectivity index is 1.83. The van der Waals surface area contributed by atoms with Crippen molar-refractivity contribution in [2.45, 2.75) is 30.3 Å². The maximum absolute atomic E-state index is 12.3. The van der Waals surface area contributed by atoms with Crippen molar-refractivity contribution in [2.24, 2.45) is 0 Å². The van der Waals surface area contributed by atoms with Crippen LogP contribution in [0.3, 0.4) is 0 Å². The lowest BCUT2D eigenvalue weighted by Crippen LogP contribution is -2.27. The van der Waals surface area contributed by atoms with Gasteiger partial charge in [-0.2, -0.15) is 0 Å². The van der Waals surface area contributed by atoms with Gasteiger partial charge in [-0.3, -0.25) is 4.57 Å². The molecule has 2 heterocycles. The van der Waals surface area contributed by atoms with Crippen LogP contribution in [0.5, 0.6) is 0 Å². The first kappa shape index (κ1) is 15.9. The van der Waals surface area contributed by atoms with Crippen LogP contribution in [-0.2, 0) is 27.8 Å². The number of nitrogens with zero attached hydrogens (tertiary/aromatic N) is 3. The third kappa shape index (κ3) is 2.94. The van der Waals surface area contributed by atoms with Crippen molar-refractivity contribution in [2.75, 3.05) is 0 Å². The van der Waals surface area contributed by atoms with E-state index < -0.39 is 22.0 Å². The van der Waals surface area contributed by atoms with E-state index in [1.165, 1.54) is 16.7 Å². The normalized spacial score (nSPS) is 17.2. The van der Waals surface area contributed by atoms with Crippen molar-refractivity contribution in [1.82, 2.24) is 19.5 Å². The molecule has 0 fully saturated rings. The first-order valence-corrected chi connectivity index (χ1v) is 8.66. The molecule has 0 bridgehead atoms. The van der Waals surface area contributed by atoms with E-state index in [4.69, 9.17) is 11.6 Å². The number of fused-ring (bicyclic) bond motifs is 1. The molecule has 3 rings (SSSR count). The zero-order valence-electron chi connectivity index (χ0n) is 11.8. The van der Waals surface area contributed by atoms with Crippen LogP contribution in [0.4, 0.5) is 0 Å². The zero-order valence-corrected chi connectivity index (χ0v) is 13.4. The first-order valence-electron chi connectivity index (χ1n) is 6.80. The number of halogens is 1. The Labute approximate surface area is 137 Å². The number of benzene rings is 1. The molecule has 0 saturated heterocycles. The third-order valence-corrected chi connectivity index (χ3v) is 5.52.